The molecule has 0 amide bonds. The maximum atomic E-state index is 9.10. The van der Waals surface area contributed by atoms with Gasteiger partial charge >= 0.3 is 0 Å². The third-order valence-electron chi connectivity index (χ3n) is 5.35. The van der Waals surface area contributed by atoms with E-state index in [0.29, 0.717) is 11.7 Å². The summed E-state index contributed by atoms with van der Waals surface area (Å²) < 4.78 is 0. The van der Waals surface area contributed by atoms with E-state index >= 15 is 0 Å². The van der Waals surface area contributed by atoms with E-state index in [0.717, 1.165) is 30.2 Å². The molecule has 2 nitrogen and oxygen atoms in total. The van der Waals surface area contributed by atoms with E-state index in [-0.39, 0.29) is 0 Å². The van der Waals surface area contributed by atoms with E-state index in [2.05, 4.69) is 24.5 Å². The van der Waals surface area contributed by atoms with Gasteiger partial charge in [-0.25, -0.2) is 0 Å². The van der Waals surface area contributed by atoms with Gasteiger partial charge in [-0.15, -0.1) is 0 Å². The molecule has 0 saturated heterocycles. The van der Waals surface area contributed by atoms with Gasteiger partial charge in [0.05, 0.1) is 0 Å². The lowest BCUT2D eigenvalue weighted by Crippen LogP contribution is -2.55. The molecule has 0 atom stereocenters. The number of allylic oxidation sites excluding steroid dienone is 1. The molecule has 4 aliphatic rings. The van der Waals surface area contributed by atoms with Crippen LogP contribution in [0.25, 0.3) is 0 Å². The van der Waals surface area contributed by atoms with Gasteiger partial charge < -0.3 is 4.90 Å². The van der Waals surface area contributed by atoms with Crippen LogP contribution in [0.2, 0.25) is 0 Å². The van der Waals surface area contributed by atoms with E-state index < -0.39 is 0 Å². The molecular formula is C15H22N2. The Morgan fingerprint density at radius 1 is 1.18 bits per heavy atom. The molecule has 92 valence electrons. The predicted molar refractivity (Wildman–Crippen MR) is 68.0 cm³/mol. The second-order valence-corrected chi connectivity index (χ2v) is 6.27. The molecule has 4 fully saturated rings. The Hall–Kier alpha value is -0.970. The Balaban J connectivity index is 1.83. The highest BCUT2D eigenvalue weighted by Gasteiger charge is 2.50. The Bertz CT molecular complexity index is 338. The van der Waals surface area contributed by atoms with Gasteiger partial charge in [-0.3, -0.25) is 0 Å². The van der Waals surface area contributed by atoms with Gasteiger partial charge in [-0.1, -0.05) is 6.58 Å². The summed E-state index contributed by atoms with van der Waals surface area (Å²) in [6.45, 7) is 7.05. The van der Waals surface area contributed by atoms with Crippen LogP contribution in [0.15, 0.2) is 12.3 Å². The third kappa shape index (κ3) is 1.68. The second-order valence-electron chi connectivity index (χ2n) is 6.27. The highest BCUT2D eigenvalue weighted by atomic mass is 15.2. The minimum atomic E-state index is 0.625. The molecule has 4 aliphatic carbocycles. The van der Waals surface area contributed by atoms with Crippen LogP contribution in [-0.4, -0.2) is 17.5 Å². The molecule has 0 radical (unpaired) electrons. The van der Waals surface area contributed by atoms with Gasteiger partial charge in [0.25, 0.3) is 0 Å². The van der Waals surface area contributed by atoms with E-state index in [1.165, 1.54) is 32.1 Å². The molecule has 0 N–H and O–H groups in total. The molecule has 4 bridgehead atoms. The molecule has 0 aliphatic heterocycles. The summed E-state index contributed by atoms with van der Waals surface area (Å²) in [7, 11) is 0. The molecule has 2 heteroatoms. The highest BCUT2D eigenvalue weighted by molar-refractivity contribution is 5.18. The minimum Gasteiger partial charge on any atom is -0.360 e. The third-order valence-corrected chi connectivity index (χ3v) is 5.35. The van der Waals surface area contributed by atoms with Gasteiger partial charge in [0, 0.05) is 12.6 Å². The van der Waals surface area contributed by atoms with Crippen LogP contribution in [0.5, 0.6) is 0 Å². The lowest BCUT2D eigenvalue weighted by atomic mass is 9.54. The first-order valence-electron chi connectivity index (χ1n) is 7.08. The van der Waals surface area contributed by atoms with Gasteiger partial charge in [0.2, 0.25) is 0 Å². The van der Waals surface area contributed by atoms with Gasteiger partial charge in [-0.05, 0) is 62.7 Å². The van der Waals surface area contributed by atoms with E-state index in [1.54, 1.807) is 0 Å². The SMILES string of the molecule is C=C(C#N)N(CC)C1C2CC3CC(C2)CC1C3. The van der Waals surface area contributed by atoms with Crippen molar-refractivity contribution in [2.45, 2.75) is 45.1 Å². The summed E-state index contributed by atoms with van der Waals surface area (Å²) in [6, 6.07) is 2.88. The smallest absolute Gasteiger partial charge is 0.116 e. The fourth-order valence-corrected chi connectivity index (χ4v) is 5.05. The lowest BCUT2D eigenvalue weighted by Gasteiger charge is -2.57. The van der Waals surface area contributed by atoms with Crippen molar-refractivity contribution >= 4 is 0 Å². The molecule has 0 unspecified atom stereocenters. The molecule has 0 aromatic rings. The van der Waals surface area contributed by atoms with Crippen LogP contribution in [0, 0.1) is 35.0 Å². The monoisotopic (exact) mass is 230 g/mol. The highest BCUT2D eigenvalue weighted by Crippen LogP contribution is 2.55. The van der Waals surface area contributed by atoms with Crippen molar-refractivity contribution in [3.63, 3.8) is 0 Å². The first-order valence-corrected chi connectivity index (χ1v) is 7.08. The number of hydrogen-bond donors (Lipinski definition) is 0. The Kier molecular flexibility index (Phi) is 2.65. The van der Waals surface area contributed by atoms with Crippen molar-refractivity contribution in [3.8, 4) is 6.07 Å². The molecule has 4 saturated carbocycles. The molecular weight excluding hydrogens is 208 g/mol. The topological polar surface area (TPSA) is 27.0 Å². The van der Waals surface area contributed by atoms with Crippen LogP contribution < -0.4 is 0 Å². The summed E-state index contributed by atoms with van der Waals surface area (Å²) in [4.78, 5) is 2.30. The van der Waals surface area contributed by atoms with Crippen molar-refractivity contribution in [1.29, 1.82) is 5.26 Å². The maximum Gasteiger partial charge on any atom is 0.116 e. The zero-order valence-electron chi connectivity index (χ0n) is 10.7. The van der Waals surface area contributed by atoms with Crippen LogP contribution in [-0.2, 0) is 0 Å². The molecule has 17 heavy (non-hydrogen) atoms. The Morgan fingerprint density at radius 2 is 1.71 bits per heavy atom. The summed E-state index contributed by atoms with van der Waals surface area (Å²) in [5.74, 6) is 3.69. The zero-order valence-corrected chi connectivity index (χ0v) is 10.7. The van der Waals surface area contributed by atoms with Crippen LogP contribution >= 0.6 is 0 Å². The minimum absolute atomic E-state index is 0.625. The van der Waals surface area contributed by atoms with E-state index in [1.807, 2.05) is 0 Å². The van der Waals surface area contributed by atoms with Crippen LogP contribution in [0.3, 0.4) is 0 Å². The standard InChI is InChI=1S/C15H22N2/c1-3-17(10(2)9-16)15-13-5-11-4-12(7-13)8-14(15)6-11/h11-15H,2-8H2,1H3. The van der Waals surface area contributed by atoms with E-state index in [4.69, 9.17) is 5.26 Å². The zero-order chi connectivity index (χ0) is 12.0. The van der Waals surface area contributed by atoms with Crippen molar-refractivity contribution in [3.05, 3.63) is 12.3 Å². The summed E-state index contributed by atoms with van der Waals surface area (Å²) in [6.07, 6.45) is 7.13. The van der Waals surface area contributed by atoms with Crippen LogP contribution in [0.4, 0.5) is 0 Å². The first kappa shape index (κ1) is 11.1. The normalized spacial score (nSPS) is 42.2. The summed E-state index contributed by atoms with van der Waals surface area (Å²) in [5, 5.41) is 9.10. The van der Waals surface area contributed by atoms with Crippen molar-refractivity contribution in [2.24, 2.45) is 23.7 Å². The van der Waals surface area contributed by atoms with Gasteiger partial charge in [0.15, 0.2) is 0 Å². The second kappa shape index (κ2) is 4.05. The summed E-state index contributed by atoms with van der Waals surface area (Å²) in [5.41, 5.74) is 0.685. The summed E-state index contributed by atoms with van der Waals surface area (Å²) >= 11 is 0. The van der Waals surface area contributed by atoms with E-state index in [9.17, 15) is 0 Å². The van der Waals surface area contributed by atoms with Gasteiger partial charge in [-0.2, -0.15) is 5.26 Å². The largest absolute Gasteiger partial charge is 0.360 e. The lowest BCUT2D eigenvalue weighted by molar-refractivity contribution is -0.0518. The maximum absolute atomic E-state index is 9.10. The molecule has 0 spiro atoms. The Morgan fingerprint density at radius 3 is 2.12 bits per heavy atom. The fraction of sp³-hybridized carbons (Fsp3) is 0.800. The van der Waals surface area contributed by atoms with Crippen molar-refractivity contribution in [2.75, 3.05) is 6.54 Å². The quantitative estimate of drug-likeness (QED) is 0.696. The average Bonchev–Trinajstić information content (AvgIpc) is 2.32. The number of nitrogens with zero attached hydrogens (tertiary/aromatic N) is 2. The molecule has 4 rings (SSSR count). The first-order chi connectivity index (χ1) is 8.22. The fourth-order valence-electron chi connectivity index (χ4n) is 5.05. The molecule has 0 heterocycles. The van der Waals surface area contributed by atoms with Crippen molar-refractivity contribution in [1.82, 2.24) is 4.90 Å². The average molecular weight is 230 g/mol. The molecule has 0 aromatic carbocycles. The number of nitriles is 1. The number of hydrogen-bond acceptors (Lipinski definition) is 2. The van der Waals surface area contributed by atoms with Gasteiger partial charge in [0.1, 0.15) is 11.8 Å². The van der Waals surface area contributed by atoms with Crippen LogP contribution in [0.1, 0.15) is 39.0 Å². The Labute approximate surface area is 104 Å². The molecule has 0 aromatic heterocycles. The van der Waals surface area contributed by atoms with Crippen molar-refractivity contribution < 1.29 is 0 Å². The predicted octanol–water partition coefficient (Wildman–Crippen LogP) is 3.17. The number of rotatable bonds is 3.